The normalized spacial score (nSPS) is 23.1. The van der Waals surface area contributed by atoms with Gasteiger partial charge in [0.1, 0.15) is 11.6 Å². The van der Waals surface area contributed by atoms with Crippen LogP contribution in [-0.4, -0.2) is 69.9 Å². The maximum Gasteiger partial charge on any atom is 0.236 e. The van der Waals surface area contributed by atoms with E-state index in [1.54, 1.807) is 0 Å². The standard InChI is InChI=1S/C14H21N5O2/c20-13(18-5-7-21-8-6-18)10-17-3-4-19-12(9-17)15-16-14(19)11-1-2-11/h11H,1-10H2. The zero-order valence-corrected chi connectivity index (χ0v) is 12.2. The van der Waals surface area contributed by atoms with E-state index in [1.165, 1.54) is 12.8 Å². The molecular weight excluding hydrogens is 270 g/mol. The van der Waals surface area contributed by atoms with Gasteiger partial charge in [0.05, 0.1) is 26.3 Å². The van der Waals surface area contributed by atoms with E-state index in [-0.39, 0.29) is 5.91 Å². The molecule has 1 aromatic heterocycles. The third-order valence-corrected chi connectivity index (χ3v) is 4.53. The first-order valence-electron chi connectivity index (χ1n) is 7.81. The third kappa shape index (κ3) is 2.67. The molecular formula is C14H21N5O2. The molecule has 0 unspecified atom stereocenters. The van der Waals surface area contributed by atoms with Crippen molar-refractivity contribution in [2.45, 2.75) is 31.8 Å². The molecule has 7 heteroatoms. The molecule has 1 saturated heterocycles. The molecule has 114 valence electrons. The van der Waals surface area contributed by atoms with Crippen LogP contribution in [0.2, 0.25) is 0 Å². The molecule has 1 saturated carbocycles. The molecule has 21 heavy (non-hydrogen) atoms. The van der Waals surface area contributed by atoms with E-state index in [0.29, 0.717) is 38.8 Å². The van der Waals surface area contributed by atoms with E-state index < -0.39 is 0 Å². The number of fused-ring (bicyclic) bond motifs is 1. The number of aromatic nitrogens is 3. The summed E-state index contributed by atoms with van der Waals surface area (Å²) in [5.74, 6) is 3.00. The van der Waals surface area contributed by atoms with Gasteiger partial charge in [-0.25, -0.2) is 0 Å². The van der Waals surface area contributed by atoms with Gasteiger partial charge in [-0.05, 0) is 12.8 Å². The van der Waals surface area contributed by atoms with Gasteiger partial charge < -0.3 is 14.2 Å². The van der Waals surface area contributed by atoms with Gasteiger partial charge in [0.25, 0.3) is 0 Å². The summed E-state index contributed by atoms with van der Waals surface area (Å²) >= 11 is 0. The van der Waals surface area contributed by atoms with E-state index in [0.717, 1.165) is 31.3 Å². The van der Waals surface area contributed by atoms with Crippen molar-refractivity contribution < 1.29 is 9.53 Å². The Kier molecular flexibility index (Phi) is 3.39. The van der Waals surface area contributed by atoms with Gasteiger partial charge in [0.2, 0.25) is 5.91 Å². The first-order valence-corrected chi connectivity index (χ1v) is 7.81. The summed E-state index contributed by atoms with van der Waals surface area (Å²) in [4.78, 5) is 16.4. The smallest absolute Gasteiger partial charge is 0.236 e. The zero-order valence-electron chi connectivity index (χ0n) is 12.2. The Bertz CT molecular complexity index is 533. The fourth-order valence-corrected chi connectivity index (χ4v) is 3.11. The van der Waals surface area contributed by atoms with Crippen LogP contribution in [0, 0.1) is 0 Å². The van der Waals surface area contributed by atoms with Gasteiger partial charge in [0.15, 0.2) is 0 Å². The Balaban J connectivity index is 1.38. The van der Waals surface area contributed by atoms with Crippen molar-refractivity contribution in [3.05, 3.63) is 11.6 Å². The number of hydrogen-bond acceptors (Lipinski definition) is 5. The second-order valence-corrected chi connectivity index (χ2v) is 6.10. The summed E-state index contributed by atoms with van der Waals surface area (Å²) in [5.41, 5.74) is 0. The van der Waals surface area contributed by atoms with Gasteiger partial charge in [-0.15, -0.1) is 10.2 Å². The number of carbonyl (C=O) groups is 1. The molecule has 0 atom stereocenters. The Hall–Kier alpha value is -1.47. The minimum Gasteiger partial charge on any atom is -0.378 e. The van der Waals surface area contributed by atoms with Crippen molar-refractivity contribution in [3.8, 4) is 0 Å². The zero-order chi connectivity index (χ0) is 14.2. The summed E-state index contributed by atoms with van der Waals surface area (Å²) in [6.07, 6.45) is 2.49. The fourth-order valence-electron chi connectivity index (χ4n) is 3.11. The summed E-state index contributed by atoms with van der Waals surface area (Å²) in [5, 5.41) is 8.65. The minimum absolute atomic E-state index is 0.202. The molecule has 0 radical (unpaired) electrons. The summed E-state index contributed by atoms with van der Waals surface area (Å²) in [6, 6.07) is 0. The Morgan fingerprint density at radius 2 is 1.95 bits per heavy atom. The molecule has 0 spiro atoms. The SMILES string of the molecule is O=C(CN1CCn2c(nnc2C2CC2)C1)N1CCOCC1. The van der Waals surface area contributed by atoms with Crippen LogP contribution >= 0.6 is 0 Å². The van der Waals surface area contributed by atoms with Crippen molar-refractivity contribution in [1.82, 2.24) is 24.6 Å². The van der Waals surface area contributed by atoms with Crippen molar-refractivity contribution >= 4 is 5.91 Å². The van der Waals surface area contributed by atoms with Crippen LogP contribution in [0.5, 0.6) is 0 Å². The molecule has 2 fully saturated rings. The second-order valence-electron chi connectivity index (χ2n) is 6.10. The molecule has 0 N–H and O–H groups in total. The largest absolute Gasteiger partial charge is 0.378 e. The quantitative estimate of drug-likeness (QED) is 0.774. The second kappa shape index (κ2) is 5.38. The Morgan fingerprint density at radius 1 is 1.14 bits per heavy atom. The van der Waals surface area contributed by atoms with Gasteiger partial charge in [0, 0.05) is 32.1 Å². The predicted octanol–water partition coefficient (Wildman–Crippen LogP) is -0.170. The van der Waals surface area contributed by atoms with Crippen LogP contribution < -0.4 is 0 Å². The third-order valence-electron chi connectivity index (χ3n) is 4.53. The lowest BCUT2D eigenvalue weighted by atomic mass is 10.3. The monoisotopic (exact) mass is 291 g/mol. The molecule has 3 heterocycles. The molecule has 1 aromatic rings. The molecule has 1 amide bonds. The number of amides is 1. The maximum absolute atomic E-state index is 12.3. The predicted molar refractivity (Wildman–Crippen MR) is 74.7 cm³/mol. The highest BCUT2D eigenvalue weighted by atomic mass is 16.5. The molecule has 2 aliphatic heterocycles. The van der Waals surface area contributed by atoms with Gasteiger partial charge in [-0.2, -0.15) is 0 Å². The molecule has 0 aromatic carbocycles. The van der Waals surface area contributed by atoms with E-state index in [4.69, 9.17) is 4.74 Å². The average Bonchev–Trinajstić information content (AvgIpc) is 3.28. The molecule has 3 aliphatic rings. The molecule has 7 nitrogen and oxygen atoms in total. The fraction of sp³-hybridized carbons (Fsp3) is 0.786. The van der Waals surface area contributed by atoms with Crippen molar-refractivity contribution in [2.24, 2.45) is 0 Å². The van der Waals surface area contributed by atoms with Crippen molar-refractivity contribution in [2.75, 3.05) is 39.4 Å². The first-order chi connectivity index (χ1) is 10.3. The van der Waals surface area contributed by atoms with E-state index in [1.807, 2.05) is 4.90 Å². The highest BCUT2D eigenvalue weighted by Crippen LogP contribution is 2.39. The molecule has 1 aliphatic carbocycles. The lowest BCUT2D eigenvalue weighted by Gasteiger charge is -2.31. The number of carbonyl (C=O) groups excluding carboxylic acids is 1. The highest BCUT2D eigenvalue weighted by molar-refractivity contribution is 5.78. The average molecular weight is 291 g/mol. The molecule has 0 bridgehead atoms. The van der Waals surface area contributed by atoms with E-state index in [9.17, 15) is 4.79 Å². The summed E-state index contributed by atoms with van der Waals surface area (Å²) in [6.45, 7) is 5.77. The molecule has 4 rings (SSSR count). The lowest BCUT2D eigenvalue weighted by molar-refractivity contribution is -0.136. The van der Waals surface area contributed by atoms with Crippen LogP contribution in [0.1, 0.15) is 30.4 Å². The number of nitrogens with zero attached hydrogens (tertiary/aromatic N) is 5. The number of rotatable bonds is 3. The van der Waals surface area contributed by atoms with Gasteiger partial charge >= 0.3 is 0 Å². The Labute approximate surface area is 123 Å². The van der Waals surface area contributed by atoms with Crippen LogP contribution in [0.3, 0.4) is 0 Å². The van der Waals surface area contributed by atoms with Crippen LogP contribution in [-0.2, 0) is 22.6 Å². The van der Waals surface area contributed by atoms with Crippen LogP contribution in [0.4, 0.5) is 0 Å². The van der Waals surface area contributed by atoms with Crippen molar-refractivity contribution in [1.29, 1.82) is 0 Å². The summed E-state index contributed by atoms with van der Waals surface area (Å²) < 4.78 is 7.55. The van der Waals surface area contributed by atoms with Gasteiger partial charge in [-0.3, -0.25) is 9.69 Å². The minimum atomic E-state index is 0.202. The maximum atomic E-state index is 12.3. The van der Waals surface area contributed by atoms with Crippen molar-refractivity contribution in [3.63, 3.8) is 0 Å². The first kappa shape index (κ1) is 13.2. The number of hydrogen-bond donors (Lipinski definition) is 0. The van der Waals surface area contributed by atoms with E-state index >= 15 is 0 Å². The van der Waals surface area contributed by atoms with E-state index in [2.05, 4.69) is 19.7 Å². The lowest BCUT2D eigenvalue weighted by Crippen LogP contribution is -2.47. The Morgan fingerprint density at radius 3 is 2.71 bits per heavy atom. The van der Waals surface area contributed by atoms with Crippen LogP contribution in [0.15, 0.2) is 0 Å². The van der Waals surface area contributed by atoms with Gasteiger partial charge in [-0.1, -0.05) is 0 Å². The number of ether oxygens (including phenoxy) is 1. The topological polar surface area (TPSA) is 63.5 Å². The summed E-state index contributed by atoms with van der Waals surface area (Å²) in [7, 11) is 0. The number of morpholine rings is 1. The highest BCUT2D eigenvalue weighted by Gasteiger charge is 2.32. The van der Waals surface area contributed by atoms with Crippen LogP contribution in [0.25, 0.3) is 0 Å².